The molecule has 0 N–H and O–H groups in total. The van der Waals surface area contributed by atoms with Crippen molar-refractivity contribution in [1.82, 2.24) is 0 Å². The number of hydrogen-bond donors (Lipinski definition) is 0. The van der Waals surface area contributed by atoms with Gasteiger partial charge in [-0.05, 0) is 73.9 Å². The Kier molecular flexibility index (Phi) is 9.91. The summed E-state index contributed by atoms with van der Waals surface area (Å²) in [5.74, 6) is -0.341. The Labute approximate surface area is 184 Å². The minimum Gasteiger partial charge on any atom is -0.386 e. The summed E-state index contributed by atoms with van der Waals surface area (Å²) in [6.07, 6.45) is 2.56. The first-order valence-corrected chi connectivity index (χ1v) is 11.3. The molecular weight excluding hydrogens is 391 g/mol. The average Bonchev–Trinajstić information content (AvgIpc) is 2.60. The summed E-state index contributed by atoms with van der Waals surface area (Å²) < 4.78 is 5.07. The Balaban J connectivity index is 0.000000424. The summed E-state index contributed by atoms with van der Waals surface area (Å²) in [6.45, 7) is 16.5. The van der Waals surface area contributed by atoms with Crippen LogP contribution in [0.3, 0.4) is 0 Å². The SMILES string of the molecule is CC(CP)CC(C)(C)C.Cc1cccc(C)c1C(=O)OC(=O)c1c(C)cccc1C. The molecule has 0 amide bonds. The van der Waals surface area contributed by atoms with Gasteiger partial charge in [0.15, 0.2) is 0 Å². The number of carbonyl (C=O) groups is 2. The Bertz CT molecular complexity index is 776. The first-order valence-electron chi connectivity index (χ1n) is 10.5. The lowest BCUT2D eigenvalue weighted by Crippen LogP contribution is -2.16. The lowest BCUT2D eigenvalue weighted by atomic mass is 9.86. The quantitative estimate of drug-likeness (QED) is 0.304. The maximum Gasteiger partial charge on any atom is 0.346 e. The van der Waals surface area contributed by atoms with Crippen molar-refractivity contribution in [3.8, 4) is 0 Å². The predicted molar refractivity (Wildman–Crippen MR) is 129 cm³/mol. The molecule has 0 heterocycles. The fourth-order valence-electron chi connectivity index (χ4n) is 3.59. The molecule has 4 heteroatoms. The molecule has 0 fully saturated rings. The maximum absolute atomic E-state index is 12.2. The fraction of sp³-hybridized carbons (Fsp3) is 0.462. The van der Waals surface area contributed by atoms with Crippen LogP contribution in [-0.4, -0.2) is 18.1 Å². The van der Waals surface area contributed by atoms with Gasteiger partial charge in [0.05, 0.1) is 11.1 Å². The highest BCUT2D eigenvalue weighted by Gasteiger charge is 2.20. The van der Waals surface area contributed by atoms with Crippen molar-refractivity contribution in [2.75, 3.05) is 6.16 Å². The third-order valence-electron chi connectivity index (χ3n) is 4.92. The van der Waals surface area contributed by atoms with Gasteiger partial charge in [-0.1, -0.05) is 64.1 Å². The highest BCUT2D eigenvalue weighted by atomic mass is 31.0. The average molecular weight is 429 g/mol. The van der Waals surface area contributed by atoms with Crippen LogP contribution >= 0.6 is 9.24 Å². The molecule has 0 saturated carbocycles. The van der Waals surface area contributed by atoms with E-state index in [-0.39, 0.29) is 0 Å². The normalized spacial score (nSPS) is 11.9. The van der Waals surface area contributed by atoms with Crippen molar-refractivity contribution >= 4 is 21.2 Å². The topological polar surface area (TPSA) is 43.4 Å². The van der Waals surface area contributed by atoms with Crippen LogP contribution in [0.5, 0.6) is 0 Å². The van der Waals surface area contributed by atoms with E-state index in [0.29, 0.717) is 16.5 Å². The summed E-state index contributed by atoms with van der Waals surface area (Å²) in [7, 11) is 2.80. The molecule has 0 saturated heterocycles. The molecule has 2 rings (SSSR count). The van der Waals surface area contributed by atoms with Crippen LogP contribution in [0.15, 0.2) is 36.4 Å². The first kappa shape index (κ1) is 26.0. The second kappa shape index (κ2) is 11.4. The summed E-state index contributed by atoms with van der Waals surface area (Å²) in [4.78, 5) is 24.5. The molecule has 0 aliphatic rings. The Morgan fingerprint density at radius 3 is 1.40 bits per heavy atom. The van der Waals surface area contributed by atoms with Crippen LogP contribution in [0.25, 0.3) is 0 Å². The summed E-state index contributed by atoms with van der Waals surface area (Å²) in [5, 5.41) is 0. The molecule has 0 aliphatic carbocycles. The molecule has 2 aromatic rings. The van der Waals surface area contributed by atoms with Gasteiger partial charge in [0.1, 0.15) is 0 Å². The van der Waals surface area contributed by atoms with Gasteiger partial charge < -0.3 is 4.74 Å². The lowest BCUT2D eigenvalue weighted by Gasteiger charge is -2.21. The highest BCUT2D eigenvalue weighted by molar-refractivity contribution is 7.16. The molecule has 0 spiro atoms. The van der Waals surface area contributed by atoms with E-state index in [4.69, 9.17) is 4.74 Å². The molecule has 30 heavy (non-hydrogen) atoms. The van der Waals surface area contributed by atoms with Crippen molar-refractivity contribution in [3.05, 3.63) is 69.8 Å². The molecular formula is C26H37O3P. The summed E-state index contributed by atoms with van der Waals surface area (Å²) >= 11 is 0. The number of hydrogen-bond acceptors (Lipinski definition) is 3. The Morgan fingerprint density at radius 2 is 1.17 bits per heavy atom. The van der Waals surface area contributed by atoms with E-state index in [9.17, 15) is 9.59 Å². The Hall–Kier alpha value is -1.99. The van der Waals surface area contributed by atoms with Gasteiger partial charge in [0.2, 0.25) is 0 Å². The van der Waals surface area contributed by atoms with E-state index in [2.05, 4.69) is 36.9 Å². The van der Waals surface area contributed by atoms with E-state index in [0.717, 1.165) is 28.2 Å². The molecule has 2 aromatic carbocycles. The maximum atomic E-state index is 12.2. The van der Waals surface area contributed by atoms with E-state index >= 15 is 0 Å². The second-order valence-corrected chi connectivity index (χ2v) is 9.79. The van der Waals surface area contributed by atoms with Crippen molar-refractivity contribution < 1.29 is 14.3 Å². The molecule has 0 radical (unpaired) electrons. The van der Waals surface area contributed by atoms with E-state index in [1.807, 2.05) is 64.1 Å². The standard InChI is InChI=1S/C18H18O3.C8H19P/c1-11-7-5-8-12(2)15(11)17(19)21-18(20)16-13(3)9-6-10-14(16)4;1-7(6-9)5-8(2,3)4/h5-10H,1-4H3;7H,5-6,9H2,1-4H3. The molecule has 0 aliphatic heterocycles. The van der Waals surface area contributed by atoms with Crippen LogP contribution in [0.4, 0.5) is 0 Å². The van der Waals surface area contributed by atoms with Gasteiger partial charge in [-0.2, -0.15) is 0 Å². The van der Waals surface area contributed by atoms with Crippen LogP contribution in [0.2, 0.25) is 0 Å². The van der Waals surface area contributed by atoms with Crippen molar-refractivity contribution in [1.29, 1.82) is 0 Å². The van der Waals surface area contributed by atoms with Crippen LogP contribution < -0.4 is 0 Å². The summed E-state index contributed by atoms with van der Waals surface area (Å²) in [5.41, 5.74) is 4.62. The van der Waals surface area contributed by atoms with Crippen LogP contribution in [-0.2, 0) is 4.74 Å². The molecule has 2 unspecified atom stereocenters. The van der Waals surface area contributed by atoms with Gasteiger partial charge in [0, 0.05) is 0 Å². The fourth-order valence-corrected chi connectivity index (χ4v) is 3.75. The second-order valence-electron chi connectivity index (χ2n) is 9.32. The van der Waals surface area contributed by atoms with Crippen molar-refractivity contribution in [2.45, 2.75) is 61.8 Å². The Morgan fingerprint density at radius 1 is 0.833 bits per heavy atom. The molecule has 3 nitrogen and oxygen atoms in total. The smallest absolute Gasteiger partial charge is 0.346 e. The lowest BCUT2D eigenvalue weighted by molar-refractivity contribution is 0.0396. The number of aryl methyl sites for hydroxylation is 4. The number of esters is 2. The van der Waals surface area contributed by atoms with Crippen molar-refractivity contribution in [3.63, 3.8) is 0 Å². The largest absolute Gasteiger partial charge is 0.386 e. The van der Waals surface area contributed by atoms with Crippen molar-refractivity contribution in [2.24, 2.45) is 11.3 Å². The minimum absolute atomic E-state index is 0.456. The third kappa shape index (κ3) is 8.03. The zero-order chi connectivity index (χ0) is 23.1. The van der Waals surface area contributed by atoms with E-state index in [1.54, 1.807) is 0 Å². The summed E-state index contributed by atoms with van der Waals surface area (Å²) in [6, 6.07) is 11.0. The van der Waals surface area contributed by atoms with E-state index in [1.165, 1.54) is 12.6 Å². The van der Waals surface area contributed by atoms with Gasteiger partial charge in [0.25, 0.3) is 0 Å². The molecule has 0 bridgehead atoms. The minimum atomic E-state index is -0.599. The zero-order valence-corrected chi connectivity index (χ0v) is 20.9. The molecule has 164 valence electrons. The first-order chi connectivity index (χ1) is 13.9. The zero-order valence-electron chi connectivity index (χ0n) is 19.8. The van der Waals surface area contributed by atoms with Gasteiger partial charge >= 0.3 is 11.9 Å². The monoisotopic (exact) mass is 428 g/mol. The highest BCUT2D eigenvalue weighted by Crippen LogP contribution is 2.24. The molecule has 0 aromatic heterocycles. The number of carbonyl (C=O) groups excluding carboxylic acids is 2. The number of benzene rings is 2. The van der Waals surface area contributed by atoms with Crippen LogP contribution in [0.1, 0.15) is 77.1 Å². The van der Waals surface area contributed by atoms with Gasteiger partial charge in [-0.25, -0.2) is 9.59 Å². The third-order valence-corrected chi connectivity index (χ3v) is 5.72. The van der Waals surface area contributed by atoms with Gasteiger partial charge in [-0.15, -0.1) is 9.24 Å². The molecule has 2 atom stereocenters. The number of rotatable bonds is 4. The van der Waals surface area contributed by atoms with Gasteiger partial charge in [-0.3, -0.25) is 0 Å². The van der Waals surface area contributed by atoms with Crippen LogP contribution in [0, 0.1) is 39.0 Å². The number of ether oxygens (including phenoxy) is 1. The predicted octanol–water partition coefficient (Wildman–Crippen LogP) is 6.85. The van der Waals surface area contributed by atoms with E-state index < -0.39 is 11.9 Å².